The van der Waals surface area contributed by atoms with Gasteiger partial charge in [0, 0.05) is 17.0 Å². The lowest BCUT2D eigenvalue weighted by atomic mass is 9.85. The van der Waals surface area contributed by atoms with Crippen molar-refractivity contribution in [2.24, 2.45) is 5.92 Å². The zero-order valence-electron chi connectivity index (χ0n) is 17.5. The molecule has 0 aliphatic carbocycles. The van der Waals surface area contributed by atoms with E-state index >= 15 is 0 Å². The van der Waals surface area contributed by atoms with Crippen molar-refractivity contribution in [3.05, 3.63) is 71.3 Å². The van der Waals surface area contributed by atoms with Gasteiger partial charge in [0.1, 0.15) is 6.04 Å². The van der Waals surface area contributed by atoms with Crippen LogP contribution in [-0.2, 0) is 10.2 Å². The van der Waals surface area contributed by atoms with E-state index in [-0.39, 0.29) is 29.8 Å². The number of carbonyl (C=O) groups is 2. The van der Waals surface area contributed by atoms with Gasteiger partial charge in [0.15, 0.2) is 6.54 Å². The van der Waals surface area contributed by atoms with Crippen LogP contribution in [-0.4, -0.2) is 18.4 Å². The largest absolute Gasteiger partial charge is 0.332 e. The monoisotopic (exact) mass is 382 g/mol. The molecular weight excluding hydrogens is 350 g/mol. The summed E-state index contributed by atoms with van der Waals surface area (Å²) in [6.45, 7) is 11.1. The van der Waals surface area contributed by atoms with Gasteiger partial charge in [-0.2, -0.15) is 0 Å². The molecule has 0 saturated heterocycles. The van der Waals surface area contributed by atoms with Gasteiger partial charge in [0.05, 0.1) is 0 Å². The minimum Gasteiger partial charge on any atom is -0.332 e. The predicted octanol–water partition coefficient (Wildman–Crippen LogP) is 2.71. The lowest BCUT2D eigenvalue weighted by molar-refractivity contribution is -0.692. The summed E-state index contributed by atoms with van der Waals surface area (Å²) in [7, 11) is 0. The maximum Gasteiger partial charge on any atom is 0.293 e. The zero-order valence-corrected chi connectivity index (χ0v) is 17.5. The second-order valence-corrected chi connectivity index (χ2v) is 8.45. The summed E-state index contributed by atoms with van der Waals surface area (Å²) in [5.41, 5.74) is 8.06. The second kappa shape index (κ2) is 9.51. The van der Waals surface area contributed by atoms with E-state index in [1.54, 1.807) is 24.3 Å². The van der Waals surface area contributed by atoms with E-state index in [0.717, 1.165) is 0 Å². The van der Waals surface area contributed by atoms with Crippen LogP contribution in [0.5, 0.6) is 0 Å². The molecule has 0 saturated carbocycles. The molecule has 2 amide bonds. The first-order valence-electron chi connectivity index (χ1n) is 9.76. The van der Waals surface area contributed by atoms with Gasteiger partial charge in [0.25, 0.3) is 11.8 Å². The van der Waals surface area contributed by atoms with Crippen LogP contribution in [0.3, 0.4) is 0 Å². The number of benzene rings is 2. The van der Waals surface area contributed by atoms with Crippen molar-refractivity contribution in [1.29, 1.82) is 0 Å². The third-order valence-electron chi connectivity index (χ3n) is 4.79. The van der Waals surface area contributed by atoms with E-state index in [4.69, 9.17) is 0 Å². The zero-order chi connectivity index (χ0) is 20.7. The summed E-state index contributed by atoms with van der Waals surface area (Å²) in [4.78, 5) is 24.2. The molecule has 0 unspecified atom stereocenters. The molecule has 2 rings (SSSR count). The van der Waals surface area contributed by atoms with Gasteiger partial charge in [-0.3, -0.25) is 20.4 Å². The fourth-order valence-electron chi connectivity index (χ4n) is 3.07. The normalized spacial score (nSPS) is 12.5. The summed E-state index contributed by atoms with van der Waals surface area (Å²) in [6.07, 6.45) is 0. The Morgan fingerprint density at radius 1 is 0.929 bits per heavy atom. The van der Waals surface area contributed by atoms with Crippen LogP contribution in [0, 0.1) is 5.92 Å². The summed E-state index contributed by atoms with van der Waals surface area (Å²) in [6, 6.07) is 17.6. The van der Waals surface area contributed by atoms with Crippen molar-refractivity contribution in [3.63, 3.8) is 0 Å². The fourth-order valence-corrected chi connectivity index (χ4v) is 3.07. The van der Waals surface area contributed by atoms with Crippen molar-refractivity contribution in [1.82, 2.24) is 10.9 Å². The van der Waals surface area contributed by atoms with Crippen LogP contribution in [0.1, 0.15) is 62.1 Å². The summed E-state index contributed by atoms with van der Waals surface area (Å²) in [5.74, 6) is -0.194. The van der Waals surface area contributed by atoms with E-state index < -0.39 is 0 Å². The Kier molecular flexibility index (Phi) is 7.35. The fraction of sp³-hybridized carbons (Fsp3) is 0.391. The number of hydrazine groups is 1. The molecule has 0 aliphatic rings. The number of nitrogens with two attached hydrogens (primary N) is 1. The molecule has 5 heteroatoms. The van der Waals surface area contributed by atoms with Crippen LogP contribution in [0.2, 0.25) is 0 Å². The highest BCUT2D eigenvalue weighted by Gasteiger charge is 2.22. The average Bonchev–Trinajstić information content (AvgIpc) is 2.66. The van der Waals surface area contributed by atoms with Gasteiger partial charge in [-0.15, -0.1) is 0 Å². The van der Waals surface area contributed by atoms with E-state index in [2.05, 4.69) is 69.7 Å². The molecular formula is C23H32N3O2+. The first-order valence-corrected chi connectivity index (χ1v) is 9.76. The molecule has 4 N–H and O–H groups in total. The summed E-state index contributed by atoms with van der Waals surface area (Å²) in [5, 5.41) is 2.01. The third kappa shape index (κ3) is 6.20. The minimum atomic E-state index is -0.327. The molecule has 2 aromatic rings. The van der Waals surface area contributed by atoms with Crippen LogP contribution in [0.25, 0.3) is 0 Å². The summed E-state index contributed by atoms with van der Waals surface area (Å²) < 4.78 is 0. The van der Waals surface area contributed by atoms with Crippen LogP contribution in [0.4, 0.5) is 0 Å². The maximum absolute atomic E-state index is 12.2. The van der Waals surface area contributed by atoms with Crippen molar-refractivity contribution in [2.45, 2.75) is 46.1 Å². The first-order chi connectivity index (χ1) is 13.2. The molecule has 5 nitrogen and oxygen atoms in total. The molecule has 2 aromatic carbocycles. The molecule has 0 aliphatic heterocycles. The highest BCUT2D eigenvalue weighted by atomic mass is 16.2. The molecule has 1 atom stereocenters. The Bertz CT molecular complexity index is 778. The number of quaternary nitrogens is 1. The quantitative estimate of drug-likeness (QED) is 0.672. The van der Waals surface area contributed by atoms with Crippen LogP contribution < -0.4 is 16.2 Å². The molecule has 150 valence electrons. The number of rotatable bonds is 6. The minimum absolute atomic E-state index is 0.117. The Labute approximate surface area is 167 Å². The van der Waals surface area contributed by atoms with Crippen LogP contribution >= 0.6 is 0 Å². The molecule has 0 radical (unpaired) electrons. The SMILES string of the molecule is CC(C)[C@@H]([NH2+]CC(=O)NNC(=O)c1ccccc1)c1ccc(C(C)(C)C)cc1. The van der Waals surface area contributed by atoms with Gasteiger partial charge in [-0.1, -0.05) is 77.1 Å². The highest BCUT2D eigenvalue weighted by molar-refractivity contribution is 5.95. The molecule has 0 spiro atoms. The lowest BCUT2D eigenvalue weighted by Crippen LogP contribution is -2.88. The second-order valence-electron chi connectivity index (χ2n) is 8.45. The van der Waals surface area contributed by atoms with E-state index in [1.165, 1.54) is 11.1 Å². The highest BCUT2D eigenvalue weighted by Crippen LogP contribution is 2.25. The Balaban J connectivity index is 1.90. The Morgan fingerprint density at radius 3 is 2.07 bits per heavy atom. The molecule has 28 heavy (non-hydrogen) atoms. The van der Waals surface area contributed by atoms with E-state index in [9.17, 15) is 9.59 Å². The standard InChI is InChI=1S/C23H31N3O2/c1-16(2)21(17-11-13-19(14-12-17)23(3,4)5)24-15-20(27)25-26-22(28)18-9-7-6-8-10-18/h6-14,16,21,24H,15H2,1-5H3,(H,25,27)(H,26,28)/p+1/t21-/m1/s1. The van der Waals surface area contributed by atoms with Gasteiger partial charge in [-0.25, -0.2) is 0 Å². The topological polar surface area (TPSA) is 74.8 Å². The first kappa shape index (κ1) is 21.6. The van der Waals surface area contributed by atoms with Crippen molar-refractivity contribution >= 4 is 11.8 Å². The van der Waals surface area contributed by atoms with Crippen LogP contribution in [0.15, 0.2) is 54.6 Å². The molecule has 0 bridgehead atoms. The molecule has 0 aromatic heterocycles. The van der Waals surface area contributed by atoms with Gasteiger partial charge < -0.3 is 5.32 Å². The maximum atomic E-state index is 12.2. The molecule has 0 fully saturated rings. The van der Waals surface area contributed by atoms with Crippen molar-refractivity contribution in [3.8, 4) is 0 Å². The van der Waals surface area contributed by atoms with Crippen molar-refractivity contribution < 1.29 is 14.9 Å². The summed E-state index contributed by atoms with van der Waals surface area (Å²) >= 11 is 0. The number of amides is 2. The van der Waals surface area contributed by atoms with E-state index in [1.807, 2.05) is 11.4 Å². The van der Waals surface area contributed by atoms with Crippen molar-refractivity contribution in [2.75, 3.05) is 6.54 Å². The Hall–Kier alpha value is -2.66. The Morgan fingerprint density at radius 2 is 1.54 bits per heavy atom. The van der Waals surface area contributed by atoms with E-state index in [0.29, 0.717) is 11.5 Å². The van der Waals surface area contributed by atoms with Gasteiger partial charge in [-0.05, 0) is 23.1 Å². The number of hydrogen-bond acceptors (Lipinski definition) is 2. The number of carbonyl (C=O) groups excluding carboxylic acids is 2. The third-order valence-corrected chi connectivity index (χ3v) is 4.79. The van der Waals surface area contributed by atoms with Gasteiger partial charge >= 0.3 is 0 Å². The number of nitrogens with one attached hydrogen (secondary N) is 2. The van der Waals surface area contributed by atoms with Gasteiger partial charge in [0.2, 0.25) is 0 Å². The average molecular weight is 383 g/mol. The predicted molar refractivity (Wildman–Crippen MR) is 112 cm³/mol. The lowest BCUT2D eigenvalue weighted by Gasteiger charge is -2.22. The molecule has 0 heterocycles. The smallest absolute Gasteiger partial charge is 0.293 e. The number of hydrogen-bond donors (Lipinski definition) is 3.